The van der Waals surface area contributed by atoms with Crippen LogP contribution in [0.5, 0.6) is 0 Å². The van der Waals surface area contributed by atoms with Gasteiger partial charge in [0.2, 0.25) is 0 Å². The van der Waals surface area contributed by atoms with Crippen molar-refractivity contribution >= 4 is 12.0 Å². The van der Waals surface area contributed by atoms with E-state index in [1.54, 1.807) is 0 Å². The van der Waals surface area contributed by atoms with E-state index in [1.807, 2.05) is 13.8 Å². The molecule has 2 aliphatic heterocycles. The molecule has 2 heterocycles. The second-order valence-electron chi connectivity index (χ2n) is 5.94. The standard InChI is InChI=1S/C13H22N2O4/c1-13(2)8-9(5-7-19-13)14-12(18)15-6-3-4-10(15)11(16)17/h9-10H,3-8H2,1-2H3,(H,14,18)(H,16,17). The Bertz CT molecular complexity index is 370. The first-order valence-electron chi connectivity index (χ1n) is 6.83. The van der Waals surface area contributed by atoms with Crippen molar-refractivity contribution in [2.45, 2.75) is 57.2 Å². The zero-order valence-electron chi connectivity index (χ0n) is 11.5. The SMILES string of the molecule is CC1(C)CC(NC(=O)N2CCCC2C(=O)O)CCO1. The van der Waals surface area contributed by atoms with Crippen LogP contribution in [0.4, 0.5) is 4.79 Å². The van der Waals surface area contributed by atoms with Gasteiger partial charge < -0.3 is 20.1 Å². The van der Waals surface area contributed by atoms with Crippen LogP contribution in [0, 0.1) is 0 Å². The topological polar surface area (TPSA) is 78.9 Å². The van der Waals surface area contributed by atoms with Crippen LogP contribution in [0.3, 0.4) is 0 Å². The van der Waals surface area contributed by atoms with Gasteiger partial charge in [0, 0.05) is 19.2 Å². The molecule has 2 N–H and O–H groups in total. The molecule has 0 aliphatic carbocycles. The normalized spacial score (nSPS) is 30.1. The van der Waals surface area contributed by atoms with Crippen LogP contribution < -0.4 is 5.32 Å². The lowest BCUT2D eigenvalue weighted by Gasteiger charge is -2.36. The number of carboxylic acids is 1. The summed E-state index contributed by atoms with van der Waals surface area (Å²) in [5, 5.41) is 12.0. The van der Waals surface area contributed by atoms with Gasteiger partial charge in [0.1, 0.15) is 6.04 Å². The Morgan fingerprint density at radius 2 is 2.11 bits per heavy atom. The summed E-state index contributed by atoms with van der Waals surface area (Å²) in [5.74, 6) is -0.917. The maximum Gasteiger partial charge on any atom is 0.326 e. The van der Waals surface area contributed by atoms with E-state index in [0.717, 1.165) is 19.3 Å². The molecule has 19 heavy (non-hydrogen) atoms. The number of ether oxygens (including phenoxy) is 1. The maximum absolute atomic E-state index is 12.2. The molecule has 0 aromatic heterocycles. The van der Waals surface area contributed by atoms with Crippen molar-refractivity contribution in [3.05, 3.63) is 0 Å². The third-order valence-electron chi connectivity index (χ3n) is 3.82. The van der Waals surface area contributed by atoms with E-state index >= 15 is 0 Å². The van der Waals surface area contributed by atoms with E-state index in [0.29, 0.717) is 19.6 Å². The summed E-state index contributed by atoms with van der Waals surface area (Å²) in [6.45, 7) is 5.15. The Morgan fingerprint density at radius 3 is 2.74 bits per heavy atom. The molecule has 108 valence electrons. The fourth-order valence-electron chi connectivity index (χ4n) is 2.88. The zero-order valence-corrected chi connectivity index (χ0v) is 11.5. The predicted molar refractivity (Wildman–Crippen MR) is 68.9 cm³/mol. The van der Waals surface area contributed by atoms with Gasteiger partial charge in [0.15, 0.2) is 0 Å². The van der Waals surface area contributed by atoms with Gasteiger partial charge in [-0.1, -0.05) is 0 Å². The summed E-state index contributed by atoms with van der Waals surface area (Å²) in [7, 11) is 0. The lowest BCUT2D eigenvalue weighted by atomic mass is 9.94. The molecular formula is C13H22N2O4. The second-order valence-corrected chi connectivity index (χ2v) is 5.94. The van der Waals surface area contributed by atoms with E-state index in [9.17, 15) is 9.59 Å². The third-order valence-corrected chi connectivity index (χ3v) is 3.82. The molecule has 2 fully saturated rings. The summed E-state index contributed by atoms with van der Waals surface area (Å²) in [4.78, 5) is 24.7. The number of nitrogens with one attached hydrogen (secondary N) is 1. The van der Waals surface area contributed by atoms with Crippen LogP contribution in [0.1, 0.15) is 39.5 Å². The van der Waals surface area contributed by atoms with Gasteiger partial charge >= 0.3 is 12.0 Å². The highest BCUT2D eigenvalue weighted by molar-refractivity contribution is 5.83. The van der Waals surface area contributed by atoms with Crippen LogP contribution in [0.2, 0.25) is 0 Å². The maximum atomic E-state index is 12.2. The van der Waals surface area contributed by atoms with Crippen molar-refractivity contribution in [2.24, 2.45) is 0 Å². The number of aliphatic carboxylic acids is 1. The van der Waals surface area contributed by atoms with E-state index in [1.165, 1.54) is 4.90 Å². The minimum atomic E-state index is -0.917. The molecule has 6 heteroatoms. The van der Waals surface area contributed by atoms with Crippen molar-refractivity contribution in [3.63, 3.8) is 0 Å². The van der Waals surface area contributed by atoms with Gasteiger partial charge in [-0.3, -0.25) is 0 Å². The highest BCUT2D eigenvalue weighted by atomic mass is 16.5. The summed E-state index contributed by atoms with van der Waals surface area (Å²) >= 11 is 0. The molecule has 0 aromatic rings. The molecule has 0 radical (unpaired) electrons. The van der Waals surface area contributed by atoms with Crippen LogP contribution >= 0.6 is 0 Å². The monoisotopic (exact) mass is 270 g/mol. The van der Waals surface area contributed by atoms with Crippen LogP contribution in [0.15, 0.2) is 0 Å². The number of rotatable bonds is 2. The number of hydrogen-bond donors (Lipinski definition) is 2. The molecule has 2 amide bonds. The molecule has 0 aromatic carbocycles. The van der Waals surface area contributed by atoms with E-state index in [2.05, 4.69) is 5.32 Å². The fourth-order valence-corrected chi connectivity index (χ4v) is 2.88. The Balaban J connectivity index is 1.92. The molecule has 2 saturated heterocycles. The molecule has 2 aliphatic rings. The molecular weight excluding hydrogens is 248 g/mol. The third kappa shape index (κ3) is 3.37. The minimum Gasteiger partial charge on any atom is -0.480 e. The average molecular weight is 270 g/mol. The minimum absolute atomic E-state index is 0.0614. The van der Waals surface area contributed by atoms with E-state index < -0.39 is 12.0 Å². The number of carboxylic acid groups (broad SMARTS) is 1. The van der Waals surface area contributed by atoms with Crippen molar-refractivity contribution in [1.82, 2.24) is 10.2 Å². The lowest BCUT2D eigenvalue weighted by molar-refractivity contribution is -0.141. The van der Waals surface area contributed by atoms with E-state index in [4.69, 9.17) is 9.84 Å². The number of carbonyl (C=O) groups is 2. The van der Waals surface area contributed by atoms with Crippen molar-refractivity contribution in [3.8, 4) is 0 Å². The first kappa shape index (κ1) is 14.1. The Labute approximate surface area is 113 Å². The Kier molecular flexibility index (Phi) is 3.99. The summed E-state index contributed by atoms with van der Waals surface area (Å²) < 4.78 is 5.60. The number of hydrogen-bond acceptors (Lipinski definition) is 3. The predicted octanol–water partition coefficient (Wildman–Crippen LogP) is 1.20. The van der Waals surface area contributed by atoms with Gasteiger partial charge in [-0.2, -0.15) is 0 Å². The molecule has 0 saturated carbocycles. The van der Waals surface area contributed by atoms with Gasteiger partial charge in [-0.15, -0.1) is 0 Å². The zero-order chi connectivity index (χ0) is 14.0. The smallest absolute Gasteiger partial charge is 0.326 e. The van der Waals surface area contributed by atoms with Crippen LogP contribution in [-0.4, -0.2) is 52.8 Å². The van der Waals surface area contributed by atoms with Gasteiger partial charge in [-0.05, 0) is 39.5 Å². The van der Waals surface area contributed by atoms with Crippen LogP contribution in [-0.2, 0) is 9.53 Å². The van der Waals surface area contributed by atoms with Crippen molar-refractivity contribution in [1.29, 1.82) is 0 Å². The molecule has 2 rings (SSSR count). The average Bonchev–Trinajstić information content (AvgIpc) is 2.76. The molecule has 2 atom stereocenters. The Hall–Kier alpha value is -1.30. The number of urea groups is 1. The van der Waals surface area contributed by atoms with E-state index in [-0.39, 0.29) is 17.7 Å². The Morgan fingerprint density at radius 1 is 1.37 bits per heavy atom. The quantitative estimate of drug-likeness (QED) is 0.790. The van der Waals surface area contributed by atoms with Crippen LogP contribution in [0.25, 0.3) is 0 Å². The molecule has 2 unspecified atom stereocenters. The highest BCUT2D eigenvalue weighted by Gasteiger charge is 2.36. The molecule has 0 spiro atoms. The lowest BCUT2D eigenvalue weighted by Crippen LogP contribution is -2.52. The van der Waals surface area contributed by atoms with Gasteiger partial charge in [0.25, 0.3) is 0 Å². The van der Waals surface area contributed by atoms with Crippen molar-refractivity contribution < 1.29 is 19.4 Å². The summed E-state index contributed by atoms with van der Waals surface area (Å²) in [5.41, 5.74) is -0.229. The summed E-state index contributed by atoms with van der Waals surface area (Å²) in [6, 6.07) is -0.869. The largest absolute Gasteiger partial charge is 0.480 e. The first-order chi connectivity index (χ1) is 8.89. The number of amides is 2. The first-order valence-corrected chi connectivity index (χ1v) is 6.83. The number of likely N-dealkylation sites (tertiary alicyclic amines) is 1. The number of nitrogens with zero attached hydrogens (tertiary/aromatic N) is 1. The second kappa shape index (κ2) is 5.36. The fraction of sp³-hybridized carbons (Fsp3) is 0.846. The van der Waals surface area contributed by atoms with Gasteiger partial charge in [-0.25, -0.2) is 9.59 Å². The summed E-state index contributed by atoms with van der Waals surface area (Å²) in [6.07, 6.45) is 2.83. The van der Waals surface area contributed by atoms with Crippen molar-refractivity contribution in [2.75, 3.05) is 13.2 Å². The molecule has 6 nitrogen and oxygen atoms in total. The van der Waals surface area contributed by atoms with Gasteiger partial charge in [0.05, 0.1) is 5.60 Å². The molecule has 0 bridgehead atoms. The number of carbonyl (C=O) groups excluding carboxylic acids is 1. The highest BCUT2D eigenvalue weighted by Crippen LogP contribution is 2.24.